The minimum atomic E-state index is -0.995. The maximum absolute atomic E-state index is 13.6. The van der Waals surface area contributed by atoms with Gasteiger partial charge in [0.1, 0.15) is 30.7 Å². The number of nitrogens with zero attached hydrogens (tertiary/aromatic N) is 3. The second kappa shape index (κ2) is 12.1. The standard InChI is InChI=1S/C24H31N5O7/c1-15(30)13-17(14-25-36-3)26-23(33)20-5-4-12-28-21(31)11-10-19(24(34)29(20)28)27-22(32)16-6-8-18(35-2)9-7-16/h6-9,14,17,19-20H,4-5,10-13H2,1-3H3,(H,26,33)(H,27,32)/b25-14-/t17-,19-,20-/m0/s1. The molecule has 0 spiro atoms. The van der Waals surface area contributed by atoms with Crippen LogP contribution in [0.5, 0.6) is 5.75 Å². The largest absolute Gasteiger partial charge is 0.497 e. The second-order valence-corrected chi connectivity index (χ2v) is 8.61. The summed E-state index contributed by atoms with van der Waals surface area (Å²) in [6.45, 7) is 1.67. The molecule has 3 rings (SSSR count). The molecule has 12 nitrogen and oxygen atoms in total. The first-order valence-corrected chi connectivity index (χ1v) is 11.7. The minimum Gasteiger partial charge on any atom is -0.497 e. The van der Waals surface area contributed by atoms with Crippen LogP contribution in [0.25, 0.3) is 0 Å². The Hall–Kier alpha value is -3.96. The van der Waals surface area contributed by atoms with Crippen LogP contribution in [0.1, 0.15) is 49.4 Å². The van der Waals surface area contributed by atoms with Gasteiger partial charge in [0.25, 0.3) is 11.8 Å². The summed E-state index contributed by atoms with van der Waals surface area (Å²) in [5.74, 6) is -1.45. The van der Waals surface area contributed by atoms with Crippen LogP contribution in [0.15, 0.2) is 29.4 Å². The molecule has 194 valence electrons. The van der Waals surface area contributed by atoms with Crippen LogP contribution >= 0.6 is 0 Å². The van der Waals surface area contributed by atoms with Gasteiger partial charge in [0, 0.05) is 24.9 Å². The first kappa shape index (κ1) is 26.6. The molecule has 3 atom stereocenters. The van der Waals surface area contributed by atoms with E-state index in [0.717, 1.165) is 5.01 Å². The zero-order valence-corrected chi connectivity index (χ0v) is 20.6. The van der Waals surface area contributed by atoms with Crippen molar-refractivity contribution in [2.45, 2.75) is 57.2 Å². The van der Waals surface area contributed by atoms with Crippen LogP contribution in [0, 0.1) is 0 Å². The molecule has 0 aliphatic carbocycles. The van der Waals surface area contributed by atoms with Gasteiger partial charge < -0.3 is 20.2 Å². The van der Waals surface area contributed by atoms with Crippen molar-refractivity contribution in [3.05, 3.63) is 29.8 Å². The maximum Gasteiger partial charge on any atom is 0.264 e. The molecule has 2 N–H and O–H groups in total. The molecule has 2 fully saturated rings. The first-order chi connectivity index (χ1) is 17.2. The topological polar surface area (TPSA) is 147 Å². The van der Waals surface area contributed by atoms with Crippen molar-refractivity contribution >= 4 is 35.6 Å². The third-order valence-corrected chi connectivity index (χ3v) is 6.00. The highest BCUT2D eigenvalue weighted by Gasteiger charge is 2.44. The minimum absolute atomic E-state index is 0.0115. The molecule has 2 aliphatic rings. The number of carbonyl (C=O) groups excluding carboxylic acids is 5. The lowest BCUT2D eigenvalue weighted by Crippen LogP contribution is -2.64. The number of carbonyl (C=O) groups is 5. The van der Waals surface area contributed by atoms with E-state index in [1.807, 2.05) is 0 Å². The van der Waals surface area contributed by atoms with Crippen molar-refractivity contribution < 1.29 is 33.5 Å². The Morgan fingerprint density at radius 2 is 1.89 bits per heavy atom. The predicted octanol–water partition coefficient (Wildman–Crippen LogP) is 0.418. The van der Waals surface area contributed by atoms with Crippen LogP contribution in [-0.2, 0) is 24.0 Å². The summed E-state index contributed by atoms with van der Waals surface area (Å²) >= 11 is 0. The van der Waals surface area contributed by atoms with E-state index >= 15 is 0 Å². The molecule has 0 bridgehead atoms. The van der Waals surface area contributed by atoms with Gasteiger partial charge in [-0.05, 0) is 50.5 Å². The van der Waals surface area contributed by atoms with E-state index < -0.39 is 35.8 Å². The molecule has 0 aromatic heterocycles. The van der Waals surface area contributed by atoms with E-state index in [0.29, 0.717) is 24.2 Å². The van der Waals surface area contributed by atoms with Gasteiger partial charge in [0.15, 0.2) is 0 Å². The van der Waals surface area contributed by atoms with Gasteiger partial charge in [-0.1, -0.05) is 5.16 Å². The summed E-state index contributed by atoms with van der Waals surface area (Å²) in [6.07, 6.45) is 2.26. The summed E-state index contributed by atoms with van der Waals surface area (Å²) in [6, 6.07) is 3.67. The van der Waals surface area contributed by atoms with Gasteiger partial charge in [-0.15, -0.1) is 0 Å². The fourth-order valence-corrected chi connectivity index (χ4v) is 4.25. The molecule has 2 saturated heterocycles. The highest BCUT2D eigenvalue weighted by atomic mass is 16.6. The van der Waals surface area contributed by atoms with E-state index in [1.54, 1.807) is 24.3 Å². The van der Waals surface area contributed by atoms with Crippen molar-refractivity contribution in [3.63, 3.8) is 0 Å². The molecular weight excluding hydrogens is 470 g/mol. The predicted molar refractivity (Wildman–Crippen MR) is 128 cm³/mol. The number of oxime groups is 1. The van der Waals surface area contributed by atoms with Crippen molar-refractivity contribution in [2.75, 3.05) is 20.8 Å². The van der Waals surface area contributed by atoms with Gasteiger partial charge >= 0.3 is 0 Å². The van der Waals surface area contributed by atoms with Crippen LogP contribution in [-0.4, -0.2) is 84.5 Å². The Labute approximate surface area is 208 Å². The van der Waals surface area contributed by atoms with Crippen LogP contribution < -0.4 is 15.4 Å². The van der Waals surface area contributed by atoms with E-state index in [1.165, 1.54) is 32.4 Å². The lowest BCUT2D eigenvalue weighted by atomic mass is 10.0. The Morgan fingerprint density at radius 3 is 2.53 bits per heavy atom. The van der Waals surface area contributed by atoms with E-state index in [9.17, 15) is 24.0 Å². The number of fused-ring (bicyclic) bond motifs is 1. The summed E-state index contributed by atoms with van der Waals surface area (Å²) in [4.78, 5) is 68.7. The second-order valence-electron chi connectivity index (χ2n) is 8.61. The number of hydrogen-bond acceptors (Lipinski definition) is 8. The molecule has 4 amide bonds. The van der Waals surface area contributed by atoms with Crippen molar-refractivity contribution in [1.82, 2.24) is 20.7 Å². The Bertz CT molecular complexity index is 1030. The molecule has 2 heterocycles. The van der Waals surface area contributed by atoms with Crippen molar-refractivity contribution in [1.29, 1.82) is 0 Å². The number of benzene rings is 1. The molecule has 0 saturated carbocycles. The average Bonchev–Trinajstić information content (AvgIpc) is 2.99. The van der Waals surface area contributed by atoms with Gasteiger partial charge in [0.05, 0.1) is 19.4 Å². The van der Waals surface area contributed by atoms with Crippen LogP contribution in [0.4, 0.5) is 0 Å². The monoisotopic (exact) mass is 501 g/mol. The zero-order valence-electron chi connectivity index (χ0n) is 20.6. The van der Waals surface area contributed by atoms with E-state index in [-0.39, 0.29) is 37.5 Å². The third kappa shape index (κ3) is 6.37. The quantitative estimate of drug-likeness (QED) is 0.368. The van der Waals surface area contributed by atoms with Gasteiger partial charge in [-0.3, -0.25) is 29.0 Å². The van der Waals surface area contributed by atoms with E-state index in [4.69, 9.17) is 4.74 Å². The summed E-state index contributed by atoms with van der Waals surface area (Å²) < 4.78 is 5.10. The SMILES string of the molecule is CO/N=C\[C@H](CC(C)=O)NC(=O)[C@@H]1CCCN2C(=O)CC[C@H](NC(=O)c3ccc(OC)cc3)C(=O)N12. The van der Waals surface area contributed by atoms with Gasteiger partial charge in [-0.2, -0.15) is 0 Å². The zero-order chi connectivity index (χ0) is 26.2. The average molecular weight is 502 g/mol. The van der Waals surface area contributed by atoms with Gasteiger partial charge in [0.2, 0.25) is 11.8 Å². The Morgan fingerprint density at radius 1 is 1.17 bits per heavy atom. The Kier molecular flexibility index (Phi) is 8.98. The molecule has 0 radical (unpaired) electrons. The molecule has 1 aromatic carbocycles. The smallest absolute Gasteiger partial charge is 0.264 e. The molecule has 1 aromatic rings. The number of hydrazine groups is 1. The number of ketones is 1. The molecule has 36 heavy (non-hydrogen) atoms. The lowest BCUT2D eigenvalue weighted by molar-refractivity contribution is -0.176. The Balaban J connectivity index is 1.80. The fraction of sp³-hybridized carbons (Fsp3) is 0.500. The van der Waals surface area contributed by atoms with Gasteiger partial charge in [-0.25, -0.2) is 5.01 Å². The fourth-order valence-electron chi connectivity index (χ4n) is 4.25. The number of nitrogens with one attached hydrogen (secondary N) is 2. The third-order valence-electron chi connectivity index (χ3n) is 6.00. The molecule has 0 unspecified atom stereocenters. The maximum atomic E-state index is 13.6. The van der Waals surface area contributed by atoms with Crippen molar-refractivity contribution in [2.24, 2.45) is 5.16 Å². The van der Waals surface area contributed by atoms with Crippen LogP contribution in [0.3, 0.4) is 0 Å². The highest BCUT2D eigenvalue weighted by molar-refractivity contribution is 6.00. The number of hydrogen-bond donors (Lipinski definition) is 2. The molecule has 12 heteroatoms. The lowest BCUT2D eigenvalue weighted by Gasteiger charge is -2.43. The number of Topliss-reactive ketones (excluding diaryl/α,β-unsaturated/α-hetero) is 1. The first-order valence-electron chi connectivity index (χ1n) is 11.7. The number of rotatable bonds is 9. The van der Waals surface area contributed by atoms with Crippen LogP contribution in [0.2, 0.25) is 0 Å². The molecular formula is C24H31N5O7. The number of amides is 4. The summed E-state index contributed by atoms with van der Waals surface area (Å²) in [5.41, 5.74) is 0.327. The summed E-state index contributed by atoms with van der Waals surface area (Å²) in [5, 5.41) is 11.5. The molecule has 2 aliphatic heterocycles. The van der Waals surface area contributed by atoms with Crippen molar-refractivity contribution in [3.8, 4) is 5.75 Å². The number of ether oxygens (including phenoxy) is 1. The number of methoxy groups -OCH3 is 1. The summed E-state index contributed by atoms with van der Waals surface area (Å²) in [7, 11) is 2.85. The van der Waals surface area contributed by atoms with E-state index in [2.05, 4.69) is 20.6 Å². The normalized spacial score (nSPS) is 20.9. The highest BCUT2D eigenvalue weighted by Crippen LogP contribution is 2.25.